The lowest BCUT2D eigenvalue weighted by atomic mass is 9.96. The van der Waals surface area contributed by atoms with Crippen LogP contribution in [0.2, 0.25) is 5.02 Å². The first-order valence-electron chi connectivity index (χ1n) is 9.94. The van der Waals surface area contributed by atoms with Gasteiger partial charge in [0, 0.05) is 23.8 Å². The van der Waals surface area contributed by atoms with E-state index in [1.165, 1.54) is 0 Å². The van der Waals surface area contributed by atoms with E-state index in [0.29, 0.717) is 36.6 Å². The zero-order valence-corrected chi connectivity index (χ0v) is 17.3. The van der Waals surface area contributed by atoms with Crippen molar-refractivity contribution in [1.82, 2.24) is 5.32 Å². The average Bonchev–Trinajstić information content (AvgIpc) is 2.74. The summed E-state index contributed by atoms with van der Waals surface area (Å²) in [5.41, 5.74) is 4.92. The van der Waals surface area contributed by atoms with Crippen molar-refractivity contribution in [2.75, 3.05) is 11.4 Å². The van der Waals surface area contributed by atoms with Crippen LogP contribution >= 0.6 is 11.6 Å². The first-order valence-corrected chi connectivity index (χ1v) is 10.3. The molecule has 1 amide bonds. The smallest absolute Gasteiger partial charge is 0.224 e. The number of rotatable bonds is 5. The Kier molecular flexibility index (Phi) is 6.02. The van der Waals surface area contributed by atoms with Gasteiger partial charge in [-0.3, -0.25) is 4.79 Å². The molecule has 1 aliphatic heterocycles. The van der Waals surface area contributed by atoms with E-state index in [9.17, 15) is 4.79 Å². The number of nitrogens with zero attached hydrogens (tertiary/aromatic N) is 2. The standard InChI is InChI=1S/C25H22ClN3O/c1-27-22-10-11-24-20(14-22)15-23(28-25(30)13-18-6-3-2-4-7-18)17-29(24)16-19-8-5-9-21(26)12-19/h2-12,14,23H,13,15-17H2,(H,28,30). The molecule has 150 valence electrons. The normalized spacial score (nSPS) is 15.2. The molecular weight excluding hydrogens is 394 g/mol. The summed E-state index contributed by atoms with van der Waals surface area (Å²) in [5.74, 6) is 0.0127. The van der Waals surface area contributed by atoms with E-state index >= 15 is 0 Å². The Morgan fingerprint density at radius 2 is 1.87 bits per heavy atom. The second kappa shape index (κ2) is 9.02. The number of amides is 1. The van der Waals surface area contributed by atoms with Gasteiger partial charge in [-0.1, -0.05) is 66.2 Å². The van der Waals surface area contributed by atoms with E-state index in [1.54, 1.807) is 0 Å². The first-order chi connectivity index (χ1) is 14.6. The fourth-order valence-corrected chi connectivity index (χ4v) is 4.18. The molecule has 3 aromatic rings. The van der Waals surface area contributed by atoms with E-state index in [0.717, 1.165) is 22.4 Å². The largest absolute Gasteiger partial charge is 0.365 e. The highest BCUT2D eigenvalue weighted by Gasteiger charge is 2.26. The maximum absolute atomic E-state index is 12.6. The molecule has 1 heterocycles. The van der Waals surface area contributed by atoms with Gasteiger partial charge >= 0.3 is 0 Å². The van der Waals surface area contributed by atoms with Crippen molar-refractivity contribution in [2.45, 2.75) is 25.4 Å². The fourth-order valence-electron chi connectivity index (χ4n) is 3.97. The van der Waals surface area contributed by atoms with Gasteiger partial charge in [-0.25, -0.2) is 4.85 Å². The van der Waals surface area contributed by atoms with Crippen LogP contribution in [0.4, 0.5) is 11.4 Å². The van der Waals surface area contributed by atoms with Crippen molar-refractivity contribution in [3.63, 3.8) is 0 Å². The van der Waals surface area contributed by atoms with Gasteiger partial charge in [-0.2, -0.15) is 0 Å². The van der Waals surface area contributed by atoms with Crippen LogP contribution in [0.15, 0.2) is 72.8 Å². The number of anilines is 1. The van der Waals surface area contributed by atoms with Crippen LogP contribution in [-0.2, 0) is 24.2 Å². The third-order valence-corrected chi connectivity index (χ3v) is 5.51. The Morgan fingerprint density at radius 1 is 1.07 bits per heavy atom. The van der Waals surface area contributed by atoms with Crippen LogP contribution in [0.3, 0.4) is 0 Å². The minimum atomic E-state index is -0.0196. The predicted octanol–water partition coefficient (Wildman–Crippen LogP) is 5.18. The Hall–Kier alpha value is -3.29. The summed E-state index contributed by atoms with van der Waals surface area (Å²) in [5, 5.41) is 3.90. The number of benzene rings is 3. The number of carbonyl (C=O) groups excluding carboxylic acids is 1. The molecule has 1 N–H and O–H groups in total. The molecule has 0 aromatic heterocycles. The second-order valence-corrected chi connectivity index (χ2v) is 8.00. The van der Waals surface area contributed by atoms with Crippen LogP contribution in [0.25, 0.3) is 4.85 Å². The molecule has 4 nitrogen and oxygen atoms in total. The third kappa shape index (κ3) is 4.82. The molecule has 3 aromatic carbocycles. The Bertz CT molecular complexity index is 1090. The zero-order chi connectivity index (χ0) is 20.9. The van der Waals surface area contributed by atoms with Crippen LogP contribution in [0.1, 0.15) is 16.7 Å². The van der Waals surface area contributed by atoms with E-state index < -0.39 is 0 Å². The molecule has 1 aliphatic rings. The SMILES string of the molecule is [C-]#[N+]c1ccc2c(c1)CC(NC(=O)Cc1ccccc1)CN2Cc1cccc(Cl)c1. The fraction of sp³-hybridized carbons (Fsp3) is 0.200. The van der Waals surface area contributed by atoms with Crippen LogP contribution in [0.5, 0.6) is 0 Å². The molecule has 5 heteroatoms. The van der Waals surface area contributed by atoms with Crippen molar-refractivity contribution in [2.24, 2.45) is 0 Å². The molecule has 0 spiro atoms. The summed E-state index contributed by atoms with van der Waals surface area (Å²) in [4.78, 5) is 18.5. The van der Waals surface area contributed by atoms with E-state index in [4.69, 9.17) is 18.2 Å². The van der Waals surface area contributed by atoms with Crippen LogP contribution < -0.4 is 10.2 Å². The minimum absolute atomic E-state index is 0.0127. The van der Waals surface area contributed by atoms with Gasteiger partial charge in [0.25, 0.3) is 0 Å². The summed E-state index contributed by atoms with van der Waals surface area (Å²) >= 11 is 6.17. The number of halogens is 1. The summed E-state index contributed by atoms with van der Waals surface area (Å²) in [7, 11) is 0. The second-order valence-electron chi connectivity index (χ2n) is 7.57. The van der Waals surface area contributed by atoms with E-state index in [2.05, 4.69) is 21.1 Å². The highest BCUT2D eigenvalue weighted by atomic mass is 35.5. The molecule has 0 saturated carbocycles. The van der Waals surface area contributed by atoms with Gasteiger partial charge in [-0.15, -0.1) is 0 Å². The monoisotopic (exact) mass is 415 g/mol. The van der Waals surface area contributed by atoms with Gasteiger partial charge in [0.05, 0.1) is 19.0 Å². The molecule has 4 rings (SSSR count). The summed E-state index contributed by atoms with van der Waals surface area (Å²) in [6.07, 6.45) is 1.08. The summed E-state index contributed by atoms with van der Waals surface area (Å²) in [6, 6.07) is 23.4. The molecule has 30 heavy (non-hydrogen) atoms. The predicted molar refractivity (Wildman–Crippen MR) is 121 cm³/mol. The van der Waals surface area contributed by atoms with Gasteiger partial charge in [-0.05, 0) is 41.3 Å². The highest BCUT2D eigenvalue weighted by molar-refractivity contribution is 6.30. The number of carbonyl (C=O) groups is 1. The lowest BCUT2D eigenvalue weighted by molar-refractivity contribution is -0.121. The molecule has 0 bridgehead atoms. The molecule has 0 fully saturated rings. The van der Waals surface area contributed by atoms with Crippen molar-refractivity contribution in [3.8, 4) is 0 Å². The molecule has 1 unspecified atom stereocenters. The average molecular weight is 416 g/mol. The first kappa shape index (κ1) is 20.0. The number of hydrogen-bond acceptors (Lipinski definition) is 2. The Balaban J connectivity index is 1.54. The van der Waals surface area contributed by atoms with Gasteiger partial charge in [0.15, 0.2) is 5.69 Å². The topological polar surface area (TPSA) is 36.7 Å². The molecule has 0 aliphatic carbocycles. The van der Waals surface area contributed by atoms with E-state index in [1.807, 2.05) is 66.7 Å². The molecular formula is C25H22ClN3O. The maximum Gasteiger partial charge on any atom is 0.224 e. The molecule has 1 atom stereocenters. The summed E-state index contributed by atoms with van der Waals surface area (Å²) < 4.78 is 0. The number of nitrogens with one attached hydrogen (secondary N) is 1. The third-order valence-electron chi connectivity index (χ3n) is 5.28. The van der Waals surface area contributed by atoms with Crippen molar-refractivity contribution in [3.05, 3.63) is 106 Å². The van der Waals surface area contributed by atoms with Crippen molar-refractivity contribution in [1.29, 1.82) is 0 Å². The van der Waals surface area contributed by atoms with Gasteiger partial charge < -0.3 is 10.2 Å². The van der Waals surface area contributed by atoms with Crippen molar-refractivity contribution < 1.29 is 4.79 Å². The minimum Gasteiger partial charge on any atom is -0.365 e. The molecule has 0 saturated heterocycles. The summed E-state index contributed by atoms with van der Waals surface area (Å²) in [6.45, 7) is 8.73. The van der Waals surface area contributed by atoms with Crippen LogP contribution in [-0.4, -0.2) is 18.5 Å². The number of hydrogen-bond donors (Lipinski definition) is 1. The van der Waals surface area contributed by atoms with Gasteiger partial charge in [0.2, 0.25) is 5.91 Å². The number of fused-ring (bicyclic) bond motifs is 1. The van der Waals surface area contributed by atoms with Gasteiger partial charge in [0.1, 0.15) is 0 Å². The maximum atomic E-state index is 12.6. The lowest BCUT2D eigenvalue weighted by Crippen LogP contribution is -2.48. The molecule has 0 radical (unpaired) electrons. The lowest BCUT2D eigenvalue weighted by Gasteiger charge is -2.37. The Morgan fingerprint density at radius 3 is 2.63 bits per heavy atom. The zero-order valence-electron chi connectivity index (χ0n) is 16.5. The highest BCUT2D eigenvalue weighted by Crippen LogP contribution is 2.32. The quantitative estimate of drug-likeness (QED) is 0.583. The van der Waals surface area contributed by atoms with Crippen molar-refractivity contribution >= 4 is 28.9 Å². The van der Waals surface area contributed by atoms with E-state index in [-0.39, 0.29) is 11.9 Å². The van der Waals surface area contributed by atoms with Crippen LogP contribution in [0, 0.1) is 6.57 Å². The Labute approximate surface area is 181 Å².